The molecule has 0 unspecified atom stereocenters. The van der Waals surface area contributed by atoms with Gasteiger partial charge in [-0.05, 0) is 29.3 Å². The van der Waals surface area contributed by atoms with Gasteiger partial charge in [-0.2, -0.15) is 0 Å². The van der Waals surface area contributed by atoms with Crippen LogP contribution in [0.2, 0.25) is 5.02 Å². The number of anilines is 1. The second-order valence-electron chi connectivity index (χ2n) is 7.77. The molecule has 9 heteroatoms. The Kier molecular flexibility index (Phi) is 8.06. The fourth-order valence-electron chi connectivity index (χ4n) is 3.52. The van der Waals surface area contributed by atoms with E-state index in [1.54, 1.807) is 31.3 Å². The lowest BCUT2D eigenvalue weighted by molar-refractivity contribution is 0.0785. The van der Waals surface area contributed by atoms with E-state index >= 15 is 0 Å². The number of carbonyl (C=O) groups is 1. The summed E-state index contributed by atoms with van der Waals surface area (Å²) in [6.45, 7) is 0.359. The summed E-state index contributed by atoms with van der Waals surface area (Å²) >= 11 is 5.98. The van der Waals surface area contributed by atoms with Gasteiger partial charge in [0, 0.05) is 24.7 Å². The number of amides is 1. The third-order valence-electron chi connectivity index (χ3n) is 5.25. The molecule has 0 heterocycles. The number of nitrogens with zero attached hydrogens (tertiary/aromatic N) is 2. The highest BCUT2D eigenvalue weighted by Gasteiger charge is 2.28. The van der Waals surface area contributed by atoms with Crippen molar-refractivity contribution in [2.24, 2.45) is 0 Å². The van der Waals surface area contributed by atoms with Crippen molar-refractivity contribution in [1.82, 2.24) is 4.90 Å². The monoisotopic (exact) mass is 502 g/mol. The van der Waals surface area contributed by atoms with Crippen LogP contribution in [-0.2, 0) is 23.1 Å². The molecule has 0 fully saturated rings. The first kappa shape index (κ1) is 25.4. The summed E-state index contributed by atoms with van der Waals surface area (Å²) in [7, 11) is 0.801. The number of rotatable bonds is 9. The van der Waals surface area contributed by atoms with Crippen molar-refractivity contribution in [2.45, 2.75) is 13.1 Å². The van der Waals surface area contributed by atoms with Crippen molar-refractivity contribution in [3.05, 3.63) is 88.4 Å². The van der Waals surface area contributed by atoms with E-state index in [1.165, 1.54) is 35.6 Å². The summed E-state index contributed by atoms with van der Waals surface area (Å²) in [4.78, 5) is 15.1. The van der Waals surface area contributed by atoms with Gasteiger partial charge < -0.3 is 14.4 Å². The van der Waals surface area contributed by atoms with Gasteiger partial charge in [-0.15, -0.1) is 0 Å². The van der Waals surface area contributed by atoms with Gasteiger partial charge in [0.15, 0.2) is 11.5 Å². The van der Waals surface area contributed by atoms with Crippen molar-refractivity contribution in [3.8, 4) is 11.5 Å². The number of halogens is 1. The lowest BCUT2D eigenvalue weighted by Crippen LogP contribution is -2.33. The van der Waals surface area contributed by atoms with E-state index in [4.69, 9.17) is 21.1 Å². The summed E-state index contributed by atoms with van der Waals surface area (Å²) in [6, 6.07) is 19.4. The van der Waals surface area contributed by atoms with Crippen LogP contribution in [0.1, 0.15) is 21.5 Å². The zero-order chi connectivity index (χ0) is 24.9. The highest BCUT2D eigenvalue weighted by atomic mass is 35.5. The van der Waals surface area contributed by atoms with Crippen LogP contribution in [0, 0.1) is 0 Å². The Hall–Kier alpha value is -3.23. The molecule has 3 aromatic rings. The van der Waals surface area contributed by atoms with Gasteiger partial charge >= 0.3 is 0 Å². The molecule has 1 amide bonds. The molecule has 0 aromatic heterocycles. The number of sulfonamides is 1. The molecular formula is C25H27ClN2O5S. The number of hydrogen-bond acceptors (Lipinski definition) is 5. The fourth-order valence-corrected chi connectivity index (χ4v) is 4.54. The second-order valence-corrected chi connectivity index (χ2v) is 10.1. The first-order valence-corrected chi connectivity index (χ1v) is 12.6. The van der Waals surface area contributed by atoms with Crippen molar-refractivity contribution < 1.29 is 22.7 Å². The average Bonchev–Trinajstić information content (AvgIpc) is 2.82. The van der Waals surface area contributed by atoms with Crippen LogP contribution in [0.15, 0.2) is 66.7 Å². The van der Waals surface area contributed by atoms with E-state index in [9.17, 15) is 13.2 Å². The maximum atomic E-state index is 13.6. The van der Waals surface area contributed by atoms with Gasteiger partial charge in [0.1, 0.15) is 0 Å². The number of benzene rings is 3. The SMILES string of the molecule is COc1cc(C(=O)N(C)Cc2ccccc2)c(N(Cc2ccc(Cl)cc2)S(C)(=O)=O)cc1OC. The van der Waals surface area contributed by atoms with Crippen molar-refractivity contribution in [1.29, 1.82) is 0 Å². The van der Waals surface area contributed by atoms with Crippen molar-refractivity contribution >= 4 is 33.2 Å². The van der Waals surface area contributed by atoms with Gasteiger partial charge in [0.05, 0.1) is 38.3 Å². The molecule has 0 atom stereocenters. The minimum Gasteiger partial charge on any atom is -0.493 e. The van der Waals surface area contributed by atoms with E-state index in [0.717, 1.165) is 11.8 Å². The van der Waals surface area contributed by atoms with Crippen LogP contribution in [0.5, 0.6) is 11.5 Å². The van der Waals surface area contributed by atoms with Gasteiger partial charge in [0.25, 0.3) is 5.91 Å². The maximum Gasteiger partial charge on any atom is 0.256 e. The molecule has 0 saturated heterocycles. The smallest absolute Gasteiger partial charge is 0.256 e. The molecular weight excluding hydrogens is 476 g/mol. The third kappa shape index (κ3) is 6.01. The molecule has 0 bridgehead atoms. The Labute approximate surface area is 205 Å². The number of methoxy groups -OCH3 is 2. The Morgan fingerprint density at radius 3 is 2.00 bits per heavy atom. The Balaban J connectivity index is 2.10. The fraction of sp³-hybridized carbons (Fsp3) is 0.240. The molecule has 34 heavy (non-hydrogen) atoms. The topological polar surface area (TPSA) is 76.2 Å². The molecule has 0 radical (unpaired) electrons. The molecule has 7 nitrogen and oxygen atoms in total. The molecule has 0 aliphatic heterocycles. The van der Waals surface area contributed by atoms with Gasteiger partial charge in [-0.1, -0.05) is 54.1 Å². The standard InChI is InChI=1S/C25H27ClN2O5S/c1-27(16-18-8-6-5-7-9-18)25(29)21-14-23(32-2)24(33-3)15-22(21)28(34(4,30)31)17-19-10-12-20(26)13-11-19/h5-15H,16-17H2,1-4H3. The van der Waals surface area contributed by atoms with Crippen LogP contribution in [0.25, 0.3) is 0 Å². The Morgan fingerprint density at radius 1 is 0.882 bits per heavy atom. The third-order valence-corrected chi connectivity index (χ3v) is 6.63. The largest absolute Gasteiger partial charge is 0.493 e. The van der Waals surface area contributed by atoms with E-state index < -0.39 is 10.0 Å². The van der Waals surface area contributed by atoms with Gasteiger partial charge in [-0.3, -0.25) is 9.10 Å². The zero-order valence-electron chi connectivity index (χ0n) is 19.5. The lowest BCUT2D eigenvalue weighted by atomic mass is 10.1. The summed E-state index contributed by atoms with van der Waals surface area (Å²) in [5.41, 5.74) is 2.03. The Morgan fingerprint density at radius 2 is 1.44 bits per heavy atom. The van der Waals surface area contributed by atoms with Crippen LogP contribution in [-0.4, -0.2) is 46.7 Å². The maximum absolute atomic E-state index is 13.6. The predicted molar refractivity (Wildman–Crippen MR) is 134 cm³/mol. The minimum atomic E-state index is -3.78. The normalized spacial score (nSPS) is 11.1. The zero-order valence-corrected chi connectivity index (χ0v) is 21.1. The molecule has 0 aliphatic rings. The highest BCUT2D eigenvalue weighted by Crippen LogP contribution is 2.37. The predicted octanol–water partition coefficient (Wildman–Crippen LogP) is 4.60. The number of carbonyl (C=O) groups excluding carboxylic acids is 1. The lowest BCUT2D eigenvalue weighted by Gasteiger charge is -2.27. The summed E-state index contributed by atoms with van der Waals surface area (Å²) in [5, 5.41) is 0.541. The van der Waals surface area contributed by atoms with Crippen LogP contribution in [0.4, 0.5) is 5.69 Å². The van der Waals surface area contributed by atoms with Crippen LogP contribution >= 0.6 is 11.6 Å². The molecule has 3 rings (SSSR count). The Bertz CT molecular complexity index is 1250. The molecule has 0 saturated carbocycles. The molecule has 3 aromatic carbocycles. The molecule has 0 N–H and O–H groups in total. The molecule has 0 aliphatic carbocycles. The van der Waals surface area contributed by atoms with E-state index in [0.29, 0.717) is 28.6 Å². The van der Waals surface area contributed by atoms with Gasteiger partial charge in [-0.25, -0.2) is 8.42 Å². The van der Waals surface area contributed by atoms with E-state index in [1.807, 2.05) is 30.3 Å². The molecule has 180 valence electrons. The summed E-state index contributed by atoms with van der Waals surface area (Å²) in [6.07, 6.45) is 1.10. The van der Waals surface area contributed by atoms with Gasteiger partial charge in [0.2, 0.25) is 10.0 Å². The highest BCUT2D eigenvalue weighted by molar-refractivity contribution is 7.92. The first-order chi connectivity index (χ1) is 16.1. The van der Waals surface area contributed by atoms with Crippen LogP contribution < -0.4 is 13.8 Å². The average molecular weight is 503 g/mol. The van der Waals surface area contributed by atoms with E-state index in [-0.39, 0.29) is 23.7 Å². The van der Waals surface area contributed by atoms with Crippen molar-refractivity contribution in [3.63, 3.8) is 0 Å². The van der Waals surface area contributed by atoms with Crippen LogP contribution in [0.3, 0.4) is 0 Å². The second kappa shape index (κ2) is 10.8. The number of ether oxygens (including phenoxy) is 2. The summed E-state index contributed by atoms with van der Waals surface area (Å²) < 4.78 is 37.8. The van der Waals surface area contributed by atoms with E-state index in [2.05, 4.69) is 0 Å². The van der Waals surface area contributed by atoms with Crippen molar-refractivity contribution in [2.75, 3.05) is 31.8 Å². The summed E-state index contributed by atoms with van der Waals surface area (Å²) in [5.74, 6) is 0.275. The molecule has 0 spiro atoms. The quantitative estimate of drug-likeness (QED) is 0.427. The first-order valence-electron chi connectivity index (χ1n) is 10.4. The minimum absolute atomic E-state index is 0.00810. The number of hydrogen-bond donors (Lipinski definition) is 0.